The van der Waals surface area contributed by atoms with Gasteiger partial charge in [0.2, 0.25) is 5.91 Å². The van der Waals surface area contributed by atoms with E-state index in [-0.39, 0.29) is 29.9 Å². The Hall–Kier alpha value is -0.530. The van der Waals surface area contributed by atoms with Crippen LogP contribution in [0.3, 0.4) is 0 Å². The van der Waals surface area contributed by atoms with Gasteiger partial charge in [-0.2, -0.15) is 0 Å². The maximum atomic E-state index is 12.0. The van der Waals surface area contributed by atoms with Gasteiger partial charge in [-0.3, -0.25) is 9.79 Å². The molecule has 0 aromatic rings. The summed E-state index contributed by atoms with van der Waals surface area (Å²) < 4.78 is 0. The lowest BCUT2D eigenvalue weighted by atomic mass is 10.0. The molecule has 142 valence electrons. The van der Waals surface area contributed by atoms with E-state index < -0.39 is 0 Å². The van der Waals surface area contributed by atoms with Crippen molar-refractivity contribution in [3.63, 3.8) is 0 Å². The highest BCUT2D eigenvalue weighted by atomic mass is 127. The molecule has 0 unspecified atom stereocenters. The maximum absolute atomic E-state index is 12.0. The first-order valence-corrected chi connectivity index (χ1v) is 9.51. The Labute approximate surface area is 165 Å². The van der Waals surface area contributed by atoms with Crippen LogP contribution in [0.1, 0.15) is 65.7 Å². The number of hydrogen-bond donors (Lipinski definition) is 2. The van der Waals surface area contributed by atoms with Crippen molar-refractivity contribution in [2.75, 3.05) is 32.7 Å². The summed E-state index contributed by atoms with van der Waals surface area (Å²) in [6.45, 7) is 10.0. The quantitative estimate of drug-likeness (QED) is 0.231. The normalized spacial score (nSPS) is 15.0. The van der Waals surface area contributed by atoms with Crippen LogP contribution in [0, 0.1) is 5.92 Å². The second-order valence-corrected chi connectivity index (χ2v) is 6.30. The number of guanidine groups is 1. The predicted molar refractivity (Wildman–Crippen MR) is 113 cm³/mol. The van der Waals surface area contributed by atoms with Crippen LogP contribution >= 0.6 is 24.0 Å². The third-order valence-electron chi connectivity index (χ3n) is 4.61. The van der Waals surface area contributed by atoms with Gasteiger partial charge in [0.15, 0.2) is 5.96 Å². The van der Waals surface area contributed by atoms with Crippen molar-refractivity contribution in [2.24, 2.45) is 10.9 Å². The Balaban J connectivity index is 0.00000529. The van der Waals surface area contributed by atoms with Gasteiger partial charge in [-0.1, -0.05) is 25.7 Å². The fourth-order valence-electron chi connectivity index (χ4n) is 3.23. The van der Waals surface area contributed by atoms with Crippen molar-refractivity contribution in [1.29, 1.82) is 0 Å². The van der Waals surface area contributed by atoms with E-state index >= 15 is 0 Å². The molecule has 0 saturated heterocycles. The number of hydrogen-bond acceptors (Lipinski definition) is 2. The molecule has 1 aliphatic rings. The molecule has 5 nitrogen and oxygen atoms in total. The van der Waals surface area contributed by atoms with E-state index in [1.54, 1.807) is 0 Å². The van der Waals surface area contributed by atoms with E-state index in [1.165, 1.54) is 38.5 Å². The molecule has 0 spiro atoms. The molecule has 0 aliphatic heterocycles. The van der Waals surface area contributed by atoms with Crippen LogP contribution in [0.4, 0.5) is 0 Å². The zero-order valence-corrected chi connectivity index (χ0v) is 18.1. The predicted octanol–water partition coefficient (Wildman–Crippen LogP) is 3.39. The van der Waals surface area contributed by atoms with Crippen LogP contribution in [0.15, 0.2) is 4.99 Å². The molecular weight excluding hydrogens is 415 g/mol. The zero-order valence-electron chi connectivity index (χ0n) is 15.8. The van der Waals surface area contributed by atoms with Crippen molar-refractivity contribution in [1.82, 2.24) is 15.5 Å². The maximum Gasteiger partial charge on any atom is 0.224 e. The average Bonchev–Trinajstić information content (AvgIpc) is 3.06. The molecule has 0 aromatic carbocycles. The third kappa shape index (κ3) is 9.69. The average molecular weight is 452 g/mol. The van der Waals surface area contributed by atoms with Crippen LogP contribution in [0.5, 0.6) is 0 Å². The van der Waals surface area contributed by atoms with Crippen molar-refractivity contribution in [3.8, 4) is 0 Å². The molecule has 1 saturated carbocycles. The topological polar surface area (TPSA) is 56.7 Å². The van der Waals surface area contributed by atoms with Gasteiger partial charge >= 0.3 is 0 Å². The first kappa shape index (κ1) is 23.5. The van der Waals surface area contributed by atoms with E-state index in [9.17, 15) is 4.79 Å². The summed E-state index contributed by atoms with van der Waals surface area (Å²) in [7, 11) is 0. The second kappa shape index (κ2) is 14.8. The number of rotatable bonds is 10. The zero-order chi connectivity index (χ0) is 16.9. The highest BCUT2D eigenvalue weighted by Gasteiger charge is 2.14. The van der Waals surface area contributed by atoms with Gasteiger partial charge in [-0.05, 0) is 39.5 Å². The molecule has 1 aliphatic carbocycles. The van der Waals surface area contributed by atoms with E-state index in [4.69, 9.17) is 0 Å². The van der Waals surface area contributed by atoms with Gasteiger partial charge in [-0.25, -0.2) is 0 Å². The standard InChI is InChI=1S/C18H36N4O.HI/c1-4-19-18(20-14-9-12-16-10-7-8-11-16)21-15-13-17(23)22(5-2)6-3;/h16H,4-15H2,1-3H3,(H2,19,20,21);1H. The summed E-state index contributed by atoms with van der Waals surface area (Å²) in [5.41, 5.74) is 0. The summed E-state index contributed by atoms with van der Waals surface area (Å²) in [5.74, 6) is 1.98. The minimum Gasteiger partial charge on any atom is -0.357 e. The molecule has 0 bridgehead atoms. The number of nitrogens with zero attached hydrogens (tertiary/aromatic N) is 2. The van der Waals surface area contributed by atoms with Crippen molar-refractivity contribution in [3.05, 3.63) is 0 Å². The summed E-state index contributed by atoms with van der Waals surface area (Å²) in [6, 6.07) is 0. The Kier molecular flexibility index (Phi) is 14.5. The van der Waals surface area contributed by atoms with E-state index in [0.717, 1.165) is 38.1 Å². The number of amides is 1. The van der Waals surface area contributed by atoms with E-state index in [2.05, 4.69) is 22.5 Å². The lowest BCUT2D eigenvalue weighted by Crippen LogP contribution is -2.40. The van der Waals surface area contributed by atoms with Crippen LogP contribution in [0.25, 0.3) is 0 Å². The van der Waals surface area contributed by atoms with Crippen LogP contribution in [-0.2, 0) is 4.79 Å². The Morgan fingerprint density at radius 2 is 1.79 bits per heavy atom. The summed E-state index contributed by atoms with van der Waals surface area (Å²) >= 11 is 0. The van der Waals surface area contributed by atoms with Gasteiger partial charge in [0, 0.05) is 39.1 Å². The highest BCUT2D eigenvalue weighted by molar-refractivity contribution is 14.0. The Morgan fingerprint density at radius 3 is 2.38 bits per heavy atom. The monoisotopic (exact) mass is 452 g/mol. The van der Waals surface area contributed by atoms with Crippen LogP contribution in [0.2, 0.25) is 0 Å². The SMILES string of the molecule is CCNC(=NCCCC1CCCC1)NCCC(=O)N(CC)CC.I. The number of halogens is 1. The number of nitrogens with one attached hydrogen (secondary N) is 2. The molecule has 2 N–H and O–H groups in total. The lowest BCUT2D eigenvalue weighted by Gasteiger charge is -2.19. The first-order chi connectivity index (χ1) is 11.2. The van der Waals surface area contributed by atoms with Gasteiger partial charge in [0.25, 0.3) is 0 Å². The number of aliphatic imine (C=N–C) groups is 1. The van der Waals surface area contributed by atoms with Crippen molar-refractivity contribution < 1.29 is 4.79 Å². The molecule has 0 radical (unpaired) electrons. The summed E-state index contributed by atoms with van der Waals surface area (Å²) in [5, 5.41) is 6.53. The molecule has 1 fully saturated rings. The number of carbonyl (C=O) groups is 1. The molecule has 24 heavy (non-hydrogen) atoms. The molecule has 1 amide bonds. The number of carbonyl (C=O) groups excluding carboxylic acids is 1. The minimum absolute atomic E-state index is 0. The fourth-order valence-corrected chi connectivity index (χ4v) is 3.23. The Morgan fingerprint density at radius 1 is 1.12 bits per heavy atom. The second-order valence-electron chi connectivity index (χ2n) is 6.30. The van der Waals surface area contributed by atoms with Crippen molar-refractivity contribution >= 4 is 35.8 Å². The van der Waals surface area contributed by atoms with Gasteiger partial charge in [0.1, 0.15) is 0 Å². The van der Waals surface area contributed by atoms with Crippen LogP contribution < -0.4 is 10.6 Å². The van der Waals surface area contributed by atoms with Crippen LogP contribution in [-0.4, -0.2) is 49.5 Å². The van der Waals surface area contributed by atoms with Gasteiger partial charge in [0.05, 0.1) is 0 Å². The summed E-state index contributed by atoms with van der Waals surface area (Å²) in [6.07, 6.45) is 8.65. The molecule has 1 rings (SSSR count). The van der Waals surface area contributed by atoms with E-state index in [0.29, 0.717) is 13.0 Å². The largest absolute Gasteiger partial charge is 0.357 e. The molecule has 0 aromatic heterocycles. The molecule has 0 heterocycles. The highest BCUT2D eigenvalue weighted by Crippen LogP contribution is 2.28. The Bertz CT molecular complexity index is 353. The molecular formula is C18H37IN4O. The minimum atomic E-state index is 0. The molecule has 0 atom stereocenters. The molecule has 6 heteroatoms. The lowest BCUT2D eigenvalue weighted by molar-refractivity contribution is -0.130. The first-order valence-electron chi connectivity index (χ1n) is 9.51. The smallest absolute Gasteiger partial charge is 0.224 e. The van der Waals surface area contributed by atoms with E-state index in [1.807, 2.05) is 18.7 Å². The third-order valence-corrected chi connectivity index (χ3v) is 4.61. The van der Waals surface area contributed by atoms with Gasteiger partial charge < -0.3 is 15.5 Å². The fraction of sp³-hybridized carbons (Fsp3) is 0.889. The van der Waals surface area contributed by atoms with Crippen molar-refractivity contribution in [2.45, 2.75) is 65.7 Å². The summed E-state index contributed by atoms with van der Waals surface area (Å²) in [4.78, 5) is 18.5. The van der Waals surface area contributed by atoms with Gasteiger partial charge in [-0.15, -0.1) is 24.0 Å².